The monoisotopic (exact) mass is 401 g/mol. The second-order valence-electron chi connectivity index (χ2n) is 10.4. The van der Waals surface area contributed by atoms with E-state index in [2.05, 4.69) is 5.32 Å². The van der Waals surface area contributed by atoms with Crippen molar-refractivity contribution in [2.24, 2.45) is 23.7 Å². The van der Waals surface area contributed by atoms with E-state index in [0.29, 0.717) is 17.8 Å². The first-order valence-electron chi connectivity index (χ1n) is 11.4. The number of amides is 5. The number of rotatable bonds is 4. The van der Waals surface area contributed by atoms with Crippen molar-refractivity contribution in [3.63, 3.8) is 0 Å². The Balaban J connectivity index is 1.26. The van der Waals surface area contributed by atoms with Crippen molar-refractivity contribution in [3.05, 3.63) is 0 Å². The topological polar surface area (TPSA) is 86.8 Å². The van der Waals surface area contributed by atoms with E-state index >= 15 is 0 Å². The summed E-state index contributed by atoms with van der Waals surface area (Å²) in [5.74, 6) is 0.347. The Morgan fingerprint density at radius 3 is 2.14 bits per heavy atom. The molecule has 1 aliphatic heterocycles. The molecule has 2 atom stereocenters. The van der Waals surface area contributed by atoms with Gasteiger partial charge in [0.2, 0.25) is 5.91 Å². The van der Waals surface area contributed by atoms with Crippen LogP contribution in [0.2, 0.25) is 0 Å². The van der Waals surface area contributed by atoms with E-state index in [1.54, 1.807) is 0 Å². The van der Waals surface area contributed by atoms with Gasteiger partial charge in [0.05, 0.1) is 0 Å². The third kappa shape index (κ3) is 3.17. The van der Waals surface area contributed by atoms with Crippen LogP contribution in [-0.2, 0) is 14.4 Å². The highest BCUT2D eigenvalue weighted by Crippen LogP contribution is 2.55. The van der Waals surface area contributed by atoms with Crippen molar-refractivity contribution in [2.75, 3.05) is 6.54 Å². The molecular weight excluding hydrogens is 370 g/mol. The van der Waals surface area contributed by atoms with Gasteiger partial charge < -0.3 is 5.32 Å². The van der Waals surface area contributed by atoms with E-state index in [1.807, 2.05) is 6.92 Å². The molecule has 0 radical (unpaired) electrons. The molecule has 5 amide bonds. The van der Waals surface area contributed by atoms with Gasteiger partial charge in [-0.15, -0.1) is 0 Å². The molecule has 0 aromatic carbocycles. The second-order valence-corrected chi connectivity index (χ2v) is 10.4. The van der Waals surface area contributed by atoms with Crippen LogP contribution in [0.1, 0.15) is 71.1 Å². The summed E-state index contributed by atoms with van der Waals surface area (Å²) < 4.78 is 0. The zero-order chi connectivity index (χ0) is 20.3. The minimum absolute atomic E-state index is 0.167. The molecule has 7 heteroatoms. The Labute approximate surface area is 171 Å². The maximum atomic E-state index is 12.9. The predicted molar refractivity (Wildman–Crippen MR) is 104 cm³/mol. The first-order chi connectivity index (χ1) is 13.8. The fourth-order valence-electron chi connectivity index (χ4n) is 7.38. The van der Waals surface area contributed by atoms with E-state index in [9.17, 15) is 19.2 Å². The van der Waals surface area contributed by atoms with Crippen LogP contribution in [0.25, 0.3) is 0 Å². The number of imide groups is 2. The van der Waals surface area contributed by atoms with Crippen LogP contribution in [0.15, 0.2) is 0 Å². The smallest absolute Gasteiger partial charge is 0.334 e. The molecule has 1 N–H and O–H groups in total. The normalized spacial score (nSPS) is 41.4. The minimum Gasteiger partial charge on any atom is -0.349 e. The third-order valence-electron chi connectivity index (χ3n) is 8.23. The molecule has 6 aliphatic rings. The summed E-state index contributed by atoms with van der Waals surface area (Å²) in [5, 5.41) is 3.20. The summed E-state index contributed by atoms with van der Waals surface area (Å²) in [6, 6.07) is -0.844. The van der Waals surface area contributed by atoms with Gasteiger partial charge in [-0.1, -0.05) is 19.8 Å². The van der Waals surface area contributed by atoms with Crippen LogP contribution in [0, 0.1) is 23.7 Å². The van der Waals surface area contributed by atoms with Crippen LogP contribution >= 0.6 is 0 Å². The van der Waals surface area contributed by atoms with Crippen LogP contribution in [0.4, 0.5) is 4.79 Å². The zero-order valence-electron chi connectivity index (χ0n) is 17.2. The summed E-state index contributed by atoms with van der Waals surface area (Å²) in [4.78, 5) is 52.8. The molecule has 5 saturated carbocycles. The van der Waals surface area contributed by atoms with E-state index in [0.717, 1.165) is 54.7 Å². The Morgan fingerprint density at radius 1 is 0.966 bits per heavy atom. The largest absolute Gasteiger partial charge is 0.349 e. The minimum atomic E-state index is -0.853. The number of nitrogens with one attached hydrogen (secondary N) is 1. The van der Waals surface area contributed by atoms with Gasteiger partial charge in [0.1, 0.15) is 6.54 Å². The van der Waals surface area contributed by atoms with Gasteiger partial charge in [-0.25, -0.2) is 9.69 Å². The van der Waals surface area contributed by atoms with Gasteiger partial charge in [-0.2, -0.15) is 0 Å². The molecule has 1 heterocycles. The molecule has 158 valence electrons. The highest BCUT2D eigenvalue weighted by molar-refractivity contribution is 6.45. The van der Waals surface area contributed by atoms with Crippen molar-refractivity contribution < 1.29 is 19.2 Å². The number of urea groups is 1. The molecule has 0 spiro atoms. The fourth-order valence-corrected chi connectivity index (χ4v) is 7.38. The van der Waals surface area contributed by atoms with E-state index in [-0.39, 0.29) is 30.0 Å². The summed E-state index contributed by atoms with van der Waals surface area (Å²) in [5.41, 5.74) is -0.167. The number of nitrogens with zero attached hydrogens (tertiary/aromatic N) is 2. The number of hydrogen-bond acceptors (Lipinski definition) is 4. The van der Waals surface area contributed by atoms with E-state index in [4.69, 9.17) is 0 Å². The lowest BCUT2D eigenvalue weighted by molar-refractivity contribution is -0.145. The molecule has 29 heavy (non-hydrogen) atoms. The summed E-state index contributed by atoms with van der Waals surface area (Å²) in [6.45, 7) is 1.68. The number of hydrogen-bond donors (Lipinski definition) is 1. The molecule has 1 saturated heterocycles. The van der Waals surface area contributed by atoms with Crippen molar-refractivity contribution in [1.82, 2.24) is 15.1 Å². The second kappa shape index (κ2) is 6.81. The van der Waals surface area contributed by atoms with Crippen LogP contribution < -0.4 is 5.32 Å². The molecular formula is C22H31N3O4. The fraction of sp³-hybridized carbons (Fsp3) is 0.818. The zero-order valence-corrected chi connectivity index (χ0v) is 17.2. The van der Waals surface area contributed by atoms with Gasteiger partial charge in [0, 0.05) is 11.6 Å². The predicted octanol–water partition coefficient (Wildman–Crippen LogP) is 2.44. The van der Waals surface area contributed by atoms with Crippen molar-refractivity contribution in [2.45, 2.75) is 82.7 Å². The lowest BCUT2D eigenvalue weighted by Crippen LogP contribution is -2.61. The average molecular weight is 402 g/mol. The molecule has 5 aliphatic carbocycles. The van der Waals surface area contributed by atoms with Crippen molar-refractivity contribution >= 4 is 23.8 Å². The molecule has 6 fully saturated rings. The first-order valence-corrected chi connectivity index (χ1v) is 11.4. The molecule has 4 bridgehead atoms. The highest BCUT2D eigenvalue weighted by Gasteiger charge is 2.53. The SMILES string of the molecule is C[C@@H]1CCCC[C@@H]1N1C(=O)C(=O)N(CC(=O)NC23CC4CC(CC(C4)C2)C3)C1=O. The van der Waals surface area contributed by atoms with Gasteiger partial charge in [0.15, 0.2) is 0 Å². The Morgan fingerprint density at radius 2 is 1.55 bits per heavy atom. The highest BCUT2D eigenvalue weighted by atomic mass is 16.2. The van der Waals surface area contributed by atoms with Gasteiger partial charge in [-0.05, 0) is 75.0 Å². The standard InChI is InChI=1S/C22H31N3O4/c1-13-4-2-3-5-17(13)25-20(28)19(27)24(21(25)29)12-18(26)23-22-9-14-6-15(10-22)8-16(7-14)11-22/h13-17H,2-12H2,1H3,(H,23,26)/t13-,14?,15?,16?,17+,22?/m1/s1. The van der Waals surface area contributed by atoms with Gasteiger partial charge in [0.25, 0.3) is 0 Å². The van der Waals surface area contributed by atoms with E-state index < -0.39 is 17.8 Å². The van der Waals surface area contributed by atoms with Crippen molar-refractivity contribution in [3.8, 4) is 0 Å². The Kier molecular flexibility index (Phi) is 4.48. The number of carbonyl (C=O) groups excluding carboxylic acids is 4. The van der Waals surface area contributed by atoms with Crippen molar-refractivity contribution in [1.29, 1.82) is 0 Å². The van der Waals surface area contributed by atoms with Gasteiger partial charge >= 0.3 is 17.8 Å². The summed E-state index contributed by atoms with van der Waals surface area (Å²) in [7, 11) is 0. The van der Waals surface area contributed by atoms with E-state index in [1.165, 1.54) is 19.3 Å². The molecule has 6 rings (SSSR count). The third-order valence-corrected chi connectivity index (χ3v) is 8.23. The molecule has 0 aromatic heterocycles. The van der Waals surface area contributed by atoms with Gasteiger partial charge in [-0.3, -0.25) is 19.3 Å². The maximum absolute atomic E-state index is 12.9. The quantitative estimate of drug-likeness (QED) is 0.579. The number of carbonyl (C=O) groups is 4. The van der Waals surface area contributed by atoms with Crippen LogP contribution in [-0.4, -0.2) is 51.7 Å². The lowest BCUT2D eigenvalue weighted by Gasteiger charge is -2.56. The summed E-state index contributed by atoms with van der Waals surface area (Å²) in [6.07, 6.45) is 10.6. The molecule has 0 aromatic rings. The molecule has 7 nitrogen and oxygen atoms in total. The maximum Gasteiger partial charge on any atom is 0.334 e. The first kappa shape index (κ1) is 19.1. The summed E-state index contributed by atoms with van der Waals surface area (Å²) >= 11 is 0. The Bertz CT molecular complexity index is 728. The Hall–Kier alpha value is -1.92. The van der Waals surface area contributed by atoms with Crippen LogP contribution in [0.3, 0.4) is 0 Å². The molecule has 0 unspecified atom stereocenters. The average Bonchev–Trinajstić information content (AvgIpc) is 2.84. The lowest BCUT2D eigenvalue weighted by atomic mass is 9.53. The van der Waals surface area contributed by atoms with Crippen LogP contribution in [0.5, 0.6) is 0 Å².